The first-order valence-corrected chi connectivity index (χ1v) is 8.41. The molecule has 21 heavy (non-hydrogen) atoms. The number of hydrogen-bond donors (Lipinski definition) is 2. The van der Waals surface area contributed by atoms with Crippen molar-refractivity contribution in [3.05, 3.63) is 59.9 Å². The van der Waals surface area contributed by atoms with Crippen molar-refractivity contribution >= 4 is 26.4 Å². The lowest BCUT2D eigenvalue weighted by Gasteiger charge is -2.02. The van der Waals surface area contributed by atoms with Crippen molar-refractivity contribution in [1.82, 2.24) is 4.98 Å². The van der Waals surface area contributed by atoms with Gasteiger partial charge >= 0.3 is 0 Å². The van der Waals surface area contributed by atoms with Crippen LogP contribution in [0.3, 0.4) is 0 Å². The van der Waals surface area contributed by atoms with Crippen LogP contribution in [0.2, 0.25) is 0 Å². The molecule has 0 amide bonds. The Labute approximate surface area is 125 Å². The Morgan fingerprint density at radius 3 is 2.57 bits per heavy atom. The SMILES string of the molecule is O=S(=O)(Nc1cc(F)cs1)c1c[nH]c(-c2ccccc2)c1. The van der Waals surface area contributed by atoms with Gasteiger partial charge in [0.05, 0.1) is 0 Å². The molecule has 0 aliphatic heterocycles. The Morgan fingerprint density at radius 2 is 1.90 bits per heavy atom. The quantitative estimate of drug-likeness (QED) is 0.769. The van der Waals surface area contributed by atoms with Crippen LogP contribution in [0.4, 0.5) is 9.39 Å². The molecule has 0 spiro atoms. The summed E-state index contributed by atoms with van der Waals surface area (Å²) in [6.07, 6.45) is 1.41. The fourth-order valence-corrected chi connectivity index (χ4v) is 3.81. The smallest absolute Gasteiger partial charge is 0.264 e. The van der Waals surface area contributed by atoms with Gasteiger partial charge in [0.2, 0.25) is 0 Å². The molecule has 0 radical (unpaired) electrons. The molecule has 2 aromatic heterocycles. The molecule has 0 atom stereocenters. The predicted octanol–water partition coefficient (Wildman–Crippen LogP) is 3.68. The van der Waals surface area contributed by atoms with Gasteiger partial charge in [-0.05, 0) is 11.6 Å². The summed E-state index contributed by atoms with van der Waals surface area (Å²) < 4.78 is 39.7. The van der Waals surface area contributed by atoms with Crippen molar-refractivity contribution in [2.45, 2.75) is 4.90 Å². The van der Waals surface area contributed by atoms with E-state index in [1.165, 1.54) is 11.6 Å². The summed E-state index contributed by atoms with van der Waals surface area (Å²) >= 11 is 0.999. The molecule has 0 bridgehead atoms. The molecule has 0 saturated carbocycles. The lowest BCUT2D eigenvalue weighted by atomic mass is 10.2. The minimum atomic E-state index is -3.72. The highest BCUT2D eigenvalue weighted by Crippen LogP contribution is 2.25. The summed E-state index contributed by atoms with van der Waals surface area (Å²) in [6, 6.07) is 12.1. The highest BCUT2D eigenvalue weighted by molar-refractivity contribution is 7.93. The van der Waals surface area contributed by atoms with E-state index in [0.29, 0.717) is 5.69 Å². The number of benzene rings is 1. The van der Waals surface area contributed by atoms with E-state index in [0.717, 1.165) is 23.0 Å². The summed E-state index contributed by atoms with van der Waals surface area (Å²) in [6.45, 7) is 0. The topological polar surface area (TPSA) is 62.0 Å². The monoisotopic (exact) mass is 322 g/mol. The molecule has 0 aliphatic rings. The highest BCUT2D eigenvalue weighted by Gasteiger charge is 2.17. The number of aromatic nitrogens is 1. The minimum absolute atomic E-state index is 0.107. The average molecular weight is 322 g/mol. The zero-order chi connectivity index (χ0) is 14.9. The van der Waals surface area contributed by atoms with Crippen molar-refractivity contribution in [3.63, 3.8) is 0 Å². The number of halogens is 1. The maximum absolute atomic E-state index is 12.9. The van der Waals surface area contributed by atoms with Crippen LogP contribution < -0.4 is 4.72 Å². The average Bonchev–Trinajstić information content (AvgIpc) is 3.09. The van der Waals surface area contributed by atoms with Crippen LogP contribution in [-0.4, -0.2) is 13.4 Å². The Kier molecular flexibility index (Phi) is 3.52. The number of H-pyrrole nitrogens is 1. The lowest BCUT2D eigenvalue weighted by Crippen LogP contribution is -2.11. The minimum Gasteiger partial charge on any atom is -0.360 e. The van der Waals surface area contributed by atoms with E-state index in [9.17, 15) is 12.8 Å². The molecule has 0 fully saturated rings. The number of nitrogens with one attached hydrogen (secondary N) is 2. The van der Waals surface area contributed by atoms with E-state index >= 15 is 0 Å². The van der Waals surface area contributed by atoms with Crippen LogP contribution in [0.25, 0.3) is 11.3 Å². The van der Waals surface area contributed by atoms with E-state index in [-0.39, 0.29) is 9.90 Å². The molecule has 0 aliphatic carbocycles. The van der Waals surface area contributed by atoms with E-state index in [2.05, 4.69) is 9.71 Å². The van der Waals surface area contributed by atoms with Crippen molar-refractivity contribution in [1.29, 1.82) is 0 Å². The summed E-state index contributed by atoms with van der Waals surface area (Å²) in [5.41, 5.74) is 1.59. The number of rotatable bonds is 4. The molecule has 2 heterocycles. The van der Waals surface area contributed by atoms with Crippen LogP contribution in [0.15, 0.2) is 58.9 Å². The van der Waals surface area contributed by atoms with Crippen molar-refractivity contribution in [2.75, 3.05) is 4.72 Å². The molecule has 1 aromatic carbocycles. The molecule has 4 nitrogen and oxygen atoms in total. The Hall–Kier alpha value is -2.12. The van der Waals surface area contributed by atoms with Gasteiger partial charge in [-0.15, -0.1) is 11.3 Å². The second-order valence-electron chi connectivity index (χ2n) is 4.35. The van der Waals surface area contributed by atoms with Crippen molar-refractivity contribution in [2.24, 2.45) is 0 Å². The van der Waals surface area contributed by atoms with Crippen molar-refractivity contribution < 1.29 is 12.8 Å². The van der Waals surface area contributed by atoms with Gasteiger partial charge in [0.1, 0.15) is 15.7 Å². The van der Waals surface area contributed by atoms with Crippen LogP contribution in [0, 0.1) is 5.82 Å². The van der Waals surface area contributed by atoms with E-state index in [1.807, 2.05) is 30.3 Å². The summed E-state index contributed by atoms with van der Waals surface area (Å²) in [5, 5.41) is 1.49. The third-order valence-corrected chi connectivity index (χ3v) is 5.15. The van der Waals surface area contributed by atoms with Crippen LogP contribution in [0.5, 0.6) is 0 Å². The van der Waals surface area contributed by atoms with E-state index in [1.54, 1.807) is 6.07 Å². The number of anilines is 1. The van der Waals surface area contributed by atoms with Gasteiger partial charge in [0, 0.05) is 23.3 Å². The second kappa shape index (κ2) is 5.34. The molecule has 0 unspecified atom stereocenters. The highest BCUT2D eigenvalue weighted by atomic mass is 32.2. The molecule has 0 saturated heterocycles. The molecular formula is C14H11FN2O2S2. The molecule has 108 valence electrons. The third-order valence-electron chi connectivity index (χ3n) is 2.85. The number of thiophene rings is 1. The maximum atomic E-state index is 12.9. The number of sulfonamides is 1. The first kappa shape index (κ1) is 13.8. The third kappa shape index (κ3) is 2.98. The van der Waals surface area contributed by atoms with Gasteiger partial charge in [-0.1, -0.05) is 30.3 Å². The summed E-state index contributed by atoms with van der Waals surface area (Å²) in [4.78, 5) is 3.04. The van der Waals surface area contributed by atoms with Crippen LogP contribution >= 0.6 is 11.3 Å². The summed E-state index contributed by atoms with van der Waals surface area (Å²) in [5.74, 6) is -0.461. The van der Waals surface area contributed by atoms with Crippen LogP contribution in [-0.2, 0) is 10.0 Å². The zero-order valence-electron chi connectivity index (χ0n) is 10.7. The fraction of sp³-hybridized carbons (Fsp3) is 0. The second-order valence-corrected chi connectivity index (χ2v) is 6.94. The normalized spacial score (nSPS) is 11.5. The molecule has 2 N–H and O–H groups in total. The van der Waals surface area contributed by atoms with Gasteiger partial charge in [-0.3, -0.25) is 4.72 Å². The van der Waals surface area contributed by atoms with Gasteiger partial charge in [-0.2, -0.15) is 0 Å². The zero-order valence-corrected chi connectivity index (χ0v) is 12.3. The molecule has 3 rings (SSSR count). The Bertz CT molecular complexity index is 854. The number of aromatic amines is 1. The van der Waals surface area contributed by atoms with Gasteiger partial charge < -0.3 is 4.98 Å². The predicted molar refractivity (Wildman–Crippen MR) is 81.3 cm³/mol. The lowest BCUT2D eigenvalue weighted by molar-refractivity contribution is 0.601. The van der Waals surface area contributed by atoms with Crippen molar-refractivity contribution in [3.8, 4) is 11.3 Å². The van der Waals surface area contributed by atoms with Crippen LogP contribution in [0.1, 0.15) is 0 Å². The van der Waals surface area contributed by atoms with Gasteiger partial charge in [-0.25, -0.2) is 12.8 Å². The van der Waals surface area contributed by atoms with E-state index in [4.69, 9.17) is 0 Å². The van der Waals surface area contributed by atoms with E-state index < -0.39 is 15.8 Å². The number of hydrogen-bond acceptors (Lipinski definition) is 3. The molecular weight excluding hydrogens is 311 g/mol. The Balaban J connectivity index is 1.88. The molecule has 7 heteroatoms. The van der Waals surface area contributed by atoms with Gasteiger partial charge in [0.15, 0.2) is 0 Å². The van der Waals surface area contributed by atoms with Gasteiger partial charge in [0.25, 0.3) is 10.0 Å². The first-order valence-electron chi connectivity index (χ1n) is 6.05. The summed E-state index contributed by atoms with van der Waals surface area (Å²) in [7, 11) is -3.72. The fourth-order valence-electron chi connectivity index (χ4n) is 1.87. The Morgan fingerprint density at radius 1 is 1.14 bits per heavy atom. The first-order chi connectivity index (χ1) is 10.0. The maximum Gasteiger partial charge on any atom is 0.264 e. The molecule has 3 aromatic rings. The largest absolute Gasteiger partial charge is 0.360 e. The standard InChI is InChI=1S/C14H11FN2O2S2/c15-11-6-14(20-9-11)17-21(18,19)12-7-13(16-8-12)10-4-2-1-3-5-10/h1-9,16-17H.